The molecule has 208 valence electrons. The number of hydrogen-bond donors (Lipinski definition) is 1. The fourth-order valence-corrected chi connectivity index (χ4v) is 8.58. The number of hydrogen-bond acceptors (Lipinski definition) is 7. The van der Waals surface area contributed by atoms with Crippen molar-refractivity contribution in [1.29, 1.82) is 0 Å². The molecule has 1 aromatic rings. The number of fused-ring (bicyclic) bond motifs is 5. The lowest BCUT2D eigenvalue weighted by Crippen LogP contribution is -2.63. The van der Waals surface area contributed by atoms with Gasteiger partial charge in [-0.05, 0) is 67.7 Å². The van der Waals surface area contributed by atoms with Crippen molar-refractivity contribution in [3.05, 3.63) is 59.7 Å². The maximum Gasteiger partial charge on any atom is 0.339 e. The SMILES string of the molecule is CCC(=O)OCC(=O)[C@@]1(OC(=O)c2ccccc2)CC[C@H]2[C@@H]3CC(C)C4=CC(=O)C=C[C@]4(C)[C@H]3C(O)C[C@@]21C. The van der Waals surface area contributed by atoms with Crippen molar-refractivity contribution in [3.8, 4) is 0 Å². The smallest absolute Gasteiger partial charge is 0.339 e. The third kappa shape index (κ3) is 4.21. The molecular weight excluding hydrogens is 496 g/mol. The second-order valence-corrected chi connectivity index (χ2v) is 12.3. The van der Waals surface area contributed by atoms with E-state index in [0.29, 0.717) is 18.4 Å². The van der Waals surface area contributed by atoms with Crippen molar-refractivity contribution < 1.29 is 33.8 Å². The Morgan fingerprint density at radius 3 is 2.54 bits per heavy atom. The van der Waals surface area contributed by atoms with Crippen molar-refractivity contribution in [3.63, 3.8) is 0 Å². The molecule has 5 rings (SSSR count). The van der Waals surface area contributed by atoms with Crippen LogP contribution in [0.3, 0.4) is 0 Å². The second kappa shape index (κ2) is 9.84. The van der Waals surface area contributed by atoms with Crippen molar-refractivity contribution in [2.75, 3.05) is 6.61 Å². The first-order valence-corrected chi connectivity index (χ1v) is 14.1. The Kier molecular flexibility index (Phi) is 6.94. The Bertz CT molecular complexity index is 1250. The van der Waals surface area contributed by atoms with E-state index in [2.05, 4.69) is 13.8 Å². The lowest BCUT2D eigenvalue weighted by atomic mass is 9.44. The molecule has 4 aliphatic carbocycles. The zero-order valence-corrected chi connectivity index (χ0v) is 23.1. The molecule has 39 heavy (non-hydrogen) atoms. The van der Waals surface area contributed by atoms with Gasteiger partial charge in [0, 0.05) is 23.2 Å². The molecule has 0 bridgehead atoms. The van der Waals surface area contributed by atoms with Gasteiger partial charge in [0.1, 0.15) is 0 Å². The quantitative estimate of drug-likeness (QED) is 0.531. The Labute approximate surface area is 229 Å². The van der Waals surface area contributed by atoms with Crippen LogP contribution < -0.4 is 0 Å². The molecular formula is C32H38O7. The average molecular weight is 535 g/mol. The summed E-state index contributed by atoms with van der Waals surface area (Å²) in [7, 11) is 0. The third-order valence-electron chi connectivity index (χ3n) is 10.3. The summed E-state index contributed by atoms with van der Waals surface area (Å²) >= 11 is 0. The fourth-order valence-electron chi connectivity index (χ4n) is 8.58. The number of benzene rings is 1. The van der Waals surface area contributed by atoms with Crippen LogP contribution >= 0.6 is 0 Å². The number of allylic oxidation sites excluding steroid dienone is 4. The number of aliphatic hydroxyl groups is 1. The van der Waals surface area contributed by atoms with Gasteiger partial charge in [0.25, 0.3) is 0 Å². The van der Waals surface area contributed by atoms with E-state index in [9.17, 15) is 24.3 Å². The van der Waals surface area contributed by atoms with E-state index in [1.807, 2.05) is 13.0 Å². The number of carbonyl (C=O) groups excluding carboxylic acids is 4. The molecule has 3 fully saturated rings. The van der Waals surface area contributed by atoms with Gasteiger partial charge < -0.3 is 14.6 Å². The van der Waals surface area contributed by atoms with Gasteiger partial charge in [-0.25, -0.2) is 4.79 Å². The molecule has 0 spiro atoms. The number of Topliss-reactive ketones (excluding diaryl/α,β-unsaturated/α-hetero) is 1. The Morgan fingerprint density at radius 1 is 1.13 bits per heavy atom. The Morgan fingerprint density at radius 2 is 1.85 bits per heavy atom. The molecule has 8 atom stereocenters. The van der Waals surface area contributed by atoms with Crippen LogP contribution in [0.1, 0.15) is 70.2 Å². The molecule has 0 aliphatic heterocycles. The van der Waals surface area contributed by atoms with Crippen molar-refractivity contribution >= 4 is 23.5 Å². The second-order valence-electron chi connectivity index (χ2n) is 12.3. The van der Waals surface area contributed by atoms with Crippen LogP contribution in [-0.4, -0.2) is 46.9 Å². The highest BCUT2D eigenvalue weighted by atomic mass is 16.6. The zero-order valence-electron chi connectivity index (χ0n) is 23.1. The summed E-state index contributed by atoms with van der Waals surface area (Å²) in [6.45, 7) is 7.36. The number of ketones is 2. The van der Waals surface area contributed by atoms with E-state index in [4.69, 9.17) is 9.47 Å². The zero-order chi connectivity index (χ0) is 28.2. The maximum atomic E-state index is 14.0. The van der Waals surface area contributed by atoms with Crippen molar-refractivity contribution in [1.82, 2.24) is 0 Å². The highest BCUT2D eigenvalue weighted by Gasteiger charge is 2.70. The highest BCUT2D eigenvalue weighted by molar-refractivity contribution is 6.01. The van der Waals surface area contributed by atoms with Gasteiger partial charge in [0.05, 0.1) is 11.7 Å². The molecule has 0 radical (unpaired) electrons. The molecule has 0 aromatic heterocycles. The lowest BCUT2D eigenvalue weighted by molar-refractivity contribution is -0.183. The van der Waals surface area contributed by atoms with Gasteiger partial charge in [0.15, 0.2) is 18.0 Å². The van der Waals surface area contributed by atoms with Gasteiger partial charge in [0.2, 0.25) is 5.78 Å². The topological polar surface area (TPSA) is 107 Å². The Balaban J connectivity index is 1.54. The lowest BCUT2D eigenvalue weighted by Gasteiger charge is -2.61. The van der Waals surface area contributed by atoms with Crippen LogP contribution in [0.2, 0.25) is 0 Å². The fraction of sp³-hybridized carbons (Fsp3) is 0.562. The van der Waals surface area contributed by atoms with Gasteiger partial charge >= 0.3 is 11.9 Å². The van der Waals surface area contributed by atoms with E-state index in [-0.39, 0.29) is 42.3 Å². The average Bonchev–Trinajstić information content (AvgIpc) is 3.20. The van der Waals surface area contributed by atoms with Crippen molar-refractivity contribution in [2.24, 2.45) is 34.5 Å². The first kappa shape index (κ1) is 27.5. The predicted octanol–water partition coefficient (Wildman–Crippen LogP) is 4.63. The van der Waals surface area contributed by atoms with E-state index >= 15 is 0 Å². The number of carbonyl (C=O) groups is 4. The molecule has 1 N–H and O–H groups in total. The number of aliphatic hydroxyl groups excluding tert-OH is 1. The van der Waals surface area contributed by atoms with Crippen molar-refractivity contribution in [2.45, 2.75) is 71.5 Å². The molecule has 2 unspecified atom stereocenters. The van der Waals surface area contributed by atoms with Crippen LogP contribution in [0.5, 0.6) is 0 Å². The molecule has 7 heteroatoms. The molecule has 7 nitrogen and oxygen atoms in total. The largest absolute Gasteiger partial charge is 0.457 e. The summed E-state index contributed by atoms with van der Waals surface area (Å²) in [5.74, 6) is -1.52. The first-order chi connectivity index (χ1) is 18.5. The minimum atomic E-state index is -1.54. The van der Waals surface area contributed by atoms with Crippen LogP contribution in [0.25, 0.3) is 0 Å². The molecule has 0 heterocycles. The normalized spacial score (nSPS) is 38.6. The monoisotopic (exact) mass is 534 g/mol. The standard InChI is InChI=1S/C32H38O7/c1-5-27(36)38-18-26(35)32(39-29(37)20-9-7-6-8-10-20)14-12-23-22-15-19(2)24-16-21(33)11-13-30(24,3)28(22)25(34)17-31(23,32)4/h6-11,13,16,19,22-23,25,28,34H,5,12,14-15,17-18H2,1-4H3/t19?,22-,23-,25?,28+,30-,31-,32-/m0/s1. The summed E-state index contributed by atoms with van der Waals surface area (Å²) < 4.78 is 11.5. The predicted molar refractivity (Wildman–Crippen MR) is 143 cm³/mol. The molecule has 4 aliphatic rings. The highest BCUT2D eigenvalue weighted by Crippen LogP contribution is 2.68. The maximum absolute atomic E-state index is 14.0. The van der Waals surface area contributed by atoms with Crippen LogP contribution in [0.4, 0.5) is 0 Å². The number of ether oxygens (including phenoxy) is 2. The van der Waals surface area contributed by atoms with Gasteiger partial charge in [-0.3, -0.25) is 14.4 Å². The Hall–Kier alpha value is -3.06. The van der Waals surface area contributed by atoms with Crippen LogP contribution in [0.15, 0.2) is 54.1 Å². The molecule has 0 amide bonds. The number of rotatable bonds is 6. The molecule has 3 saturated carbocycles. The summed E-state index contributed by atoms with van der Waals surface area (Å²) in [6, 6.07) is 8.56. The third-order valence-corrected chi connectivity index (χ3v) is 10.3. The van der Waals surface area contributed by atoms with Gasteiger partial charge in [-0.15, -0.1) is 0 Å². The van der Waals surface area contributed by atoms with Gasteiger partial charge in [-0.2, -0.15) is 0 Å². The van der Waals surface area contributed by atoms with E-state index < -0.39 is 46.9 Å². The summed E-state index contributed by atoms with van der Waals surface area (Å²) in [6.07, 6.45) is 6.61. The first-order valence-electron chi connectivity index (χ1n) is 14.1. The molecule has 0 saturated heterocycles. The van der Waals surface area contributed by atoms with Gasteiger partial charge in [-0.1, -0.05) is 57.5 Å². The van der Waals surface area contributed by atoms with E-state index in [0.717, 1.165) is 12.0 Å². The summed E-state index contributed by atoms with van der Waals surface area (Å²) in [5.41, 5.74) is -1.48. The van der Waals surface area contributed by atoms with E-state index in [1.54, 1.807) is 49.4 Å². The minimum Gasteiger partial charge on any atom is -0.457 e. The van der Waals surface area contributed by atoms with Crippen LogP contribution in [-0.2, 0) is 23.9 Å². The molecule has 1 aromatic carbocycles. The minimum absolute atomic E-state index is 0.00727. The number of esters is 2. The summed E-state index contributed by atoms with van der Waals surface area (Å²) in [5, 5.41) is 11.8. The van der Waals surface area contributed by atoms with E-state index in [1.165, 1.54) is 0 Å². The summed E-state index contributed by atoms with van der Waals surface area (Å²) in [4.78, 5) is 51.6. The van der Waals surface area contributed by atoms with Crippen LogP contribution in [0, 0.1) is 34.5 Å².